The first-order valence-corrected chi connectivity index (χ1v) is 11.8. The van der Waals surface area contributed by atoms with E-state index in [1.807, 2.05) is 30.3 Å². The van der Waals surface area contributed by atoms with Crippen LogP contribution in [0.1, 0.15) is 11.1 Å². The number of hydrogen-bond donors (Lipinski definition) is 3. The van der Waals surface area contributed by atoms with Crippen molar-refractivity contribution in [3.8, 4) is 22.9 Å². The number of methoxy groups -OCH3 is 2. The number of nitrogens with one attached hydrogen (secondary N) is 1. The molecule has 2 aromatic carbocycles. The van der Waals surface area contributed by atoms with Gasteiger partial charge in [-0.2, -0.15) is 9.97 Å². The fourth-order valence-corrected chi connectivity index (χ4v) is 4.75. The van der Waals surface area contributed by atoms with E-state index < -0.39 is 18.6 Å². The summed E-state index contributed by atoms with van der Waals surface area (Å²) in [6.45, 7) is -0.495. The van der Waals surface area contributed by atoms with Gasteiger partial charge in [0.05, 0.1) is 26.4 Å². The van der Waals surface area contributed by atoms with Crippen LogP contribution in [0.5, 0.6) is 11.8 Å². The van der Waals surface area contributed by atoms with Gasteiger partial charge in [-0.05, 0) is 32.6 Å². The van der Waals surface area contributed by atoms with E-state index in [9.17, 15) is 9.90 Å². The van der Waals surface area contributed by atoms with Crippen LogP contribution in [0.25, 0.3) is 11.1 Å². The Hall–Kier alpha value is -2.66. The van der Waals surface area contributed by atoms with E-state index in [-0.39, 0.29) is 18.3 Å². The second kappa shape index (κ2) is 12.0. The lowest BCUT2D eigenvalue weighted by atomic mass is 10.0. The van der Waals surface area contributed by atoms with Crippen molar-refractivity contribution in [1.29, 1.82) is 0 Å². The van der Waals surface area contributed by atoms with E-state index in [4.69, 9.17) is 14.6 Å². The summed E-state index contributed by atoms with van der Waals surface area (Å²) in [5.74, 6) is -0.00423. The monoisotopic (exact) mass is 533 g/mol. The summed E-state index contributed by atoms with van der Waals surface area (Å²) < 4.78 is 11.8. The lowest BCUT2D eigenvalue weighted by Crippen LogP contribution is -2.39. The van der Waals surface area contributed by atoms with Gasteiger partial charge in [0.1, 0.15) is 6.04 Å². The summed E-state index contributed by atoms with van der Waals surface area (Å²) in [5, 5.41) is 21.5. The van der Waals surface area contributed by atoms with Gasteiger partial charge in [0.2, 0.25) is 11.8 Å². The highest BCUT2D eigenvalue weighted by Gasteiger charge is 2.21. The van der Waals surface area contributed by atoms with E-state index in [0.717, 1.165) is 21.2 Å². The number of carbonyl (C=O) groups is 1. The Balaban J connectivity index is 1.80. The van der Waals surface area contributed by atoms with Crippen molar-refractivity contribution in [3.05, 3.63) is 64.1 Å². The molecular formula is C23H24BrN3O5S. The Morgan fingerprint density at radius 3 is 2.33 bits per heavy atom. The minimum absolute atomic E-state index is 0.0550. The maximum atomic E-state index is 11.2. The fraction of sp³-hybridized carbons (Fsp3) is 0.261. The molecule has 33 heavy (non-hydrogen) atoms. The zero-order valence-corrected chi connectivity index (χ0v) is 20.5. The number of ether oxygens (including phenoxy) is 2. The molecule has 0 aliphatic rings. The van der Waals surface area contributed by atoms with Crippen LogP contribution in [-0.4, -0.2) is 53.0 Å². The standard InChI is InChI=1S/C23H24BrN3O5S/c1-31-20-17(11-25-18(12-28)22(29)30)21(32-2)27-23(26-20)33-13-15-9-6-10-16(19(15)24)14-7-4-3-5-8-14/h3-10,18,25,28H,11-13H2,1-2H3,(H,29,30)/t18-/m0/s1. The van der Waals surface area contributed by atoms with Crippen molar-refractivity contribution in [2.75, 3.05) is 20.8 Å². The molecule has 0 saturated heterocycles. The Labute approximate surface area is 204 Å². The second-order valence-electron chi connectivity index (χ2n) is 6.89. The number of aliphatic hydroxyl groups is 1. The summed E-state index contributed by atoms with van der Waals surface area (Å²) in [5.41, 5.74) is 3.77. The van der Waals surface area contributed by atoms with Crippen molar-refractivity contribution in [3.63, 3.8) is 0 Å². The predicted octanol–water partition coefficient (Wildman–Crippen LogP) is 3.75. The maximum absolute atomic E-state index is 11.2. The van der Waals surface area contributed by atoms with E-state index in [2.05, 4.69) is 49.4 Å². The number of aliphatic carboxylic acids is 1. The van der Waals surface area contributed by atoms with Crippen molar-refractivity contribution in [2.24, 2.45) is 0 Å². The lowest BCUT2D eigenvalue weighted by Gasteiger charge is -2.16. The summed E-state index contributed by atoms with van der Waals surface area (Å²) in [6.07, 6.45) is 0. The van der Waals surface area contributed by atoms with Gasteiger partial charge in [-0.25, -0.2) is 0 Å². The van der Waals surface area contributed by atoms with Gasteiger partial charge in [0.15, 0.2) is 5.16 Å². The third-order valence-corrected chi connectivity index (χ3v) is 6.66. The molecule has 0 aliphatic carbocycles. The predicted molar refractivity (Wildman–Crippen MR) is 130 cm³/mol. The lowest BCUT2D eigenvalue weighted by molar-refractivity contribution is -0.140. The van der Waals surface area contributed by atoms with Gasteiger partial charge in [-0.15, -0.1) is 0 Å². The summed E-state index contributed by atoms with van der Waals surface area (Å²) in [4.78, 5) is 20.1. The molecule has 1 atom stereocenters. The van der Waals surface area contributed by atoms with Gasteiger partial charge in [-0.3, -0.25) is 10.1 Å². The number of aliphatic hydroxyl groups excluding tert-OH is 1. The molecule has 3 N–H and O–H groups in total. The molecule has 3 aromatic rings. The van der Waals surface area contributed by atoms with E-state index in [0.29, 0.717) is 16.5 Å². The second-order valence-corrected chi connectivity index (χ2v) is 8.63. The fourth-order valence-electron chi connectivity index (χ4n) is 3.11. The Kier molecular flexibility index (Phi) is 9.07. The number of halogens is 1. The van der Waals surface area contributed by atoms with Crippen LogP contribution in [0.2, 0.25) is 0 Å². The zero-order chi connectivity index (χ0) is 23.8. The average Bonchev–Trinajstić information content (AvgIpc) is 2.84. The average molecular weight is 534 g/mol. The molecule has 1 heterocycles. The Bertz CT molecular complexity index is 1080. The highest BCUT2D eigenvalue weighted by Crippen LogP contribution is 2.35. The number of aromatic nitrogens is 2. The minimum atomic E-state index is -1.16. The molecule has 0 fully saturated rings. The molecule has 0 bridgehead atoms. The summed E-state index contributed by atoms with van der Waals surface area (Å²) in [7, 11) is 2.95. The normalized spacial score (nSPS) is 11.8. The number of benzene rings is 2. The summed E-state index contributed by atoms with van der Waals surface area (Å²) in [6, 6.07) is 15.1. The largest absolute Gasteiger partial charge is 0.481 e. The highest BCUT2D eigenvalue weighted by atomic mass is 79.9. The molecule has 0 saturated carbocycles. The number of carboxylic acid groups (broad SMARTS) is 1. The van der Waals surface area contributed by atoms with Gasteiger partial charge in [0.25, 0.3) is 0 Å². The van der Waals surface area contributed by atoms with Gasteiger partial charge < -0.3 is 19.7 Å². The van der Waals surface area contributed by atoms with Crippen molar-refractivity contribution < 1.29 is 24.5 Å². The van der Waals surface area contributed by atoms with Crippen molar-refractivity contribution >= 4 is 33.7 Å². The van der Waals surface area contributed by atoms with Crippen LogP contribution in [-0.2, 0) is 17.1 Å². The van der Waals surface area contributed by atoms with Crippen LogP contribution in [0.15, 0.2) is 58.2 Å². The van der Waals surface area contributed by atoms with Crippen LogP contribution in [0, 0.1) is 0 Å². The highest BCUT2D eigenvalue weighted by molar-refractivity contribution is 9.10. The third kappa shape index (κ3) is 6.23. The smallest absolute Gasteiger partial charge is 0.323 e. The molecule has 1 aromatic heterocycles. The first-order valence-electron chi connectivity index (χ1n) is 10.00. The van der Waals surface area contributed by atoms with Crippen molar-refractivity contribution in [1.82, 2.24) is 15.3 Å². The topological polar surface area (TPSA) is 114 Å². The maximum Gasteiger partial charge on any atom is 0.323 e. The van der Waals surface area contributed by atoms with E-state index in [1.165, 1.54) is 26.0 Å². The van der Waals surface area contributed by atoms with Gasteiger partial charge >= 0.3 is 5.97 Å². The number of carboxylic acids is 1. The molecule has 0 spiro atoms. The Morgan fingerprint density at radius 2 is 1.76 bits per heavy atom. The van der Waals surface area contributed by atoms with Crippen LogP contribution in [0.4, 0.5) is 0 Å². The molecule has 0 unspecified atom stereocenters. The van der Waals surface area contributed by atoms with Crippen LogP contribution >= 0.6 is 27.7 Å². The van der Waals surface area contributed by atoms with Crippen molar-refractivity contribution in [2.45, 2.75) is 23.5 Å². The van der Waals surface area contributed by atoms with E-state index in [1.54, 1.807) is 0 Å². The minimum Gasteiger partial charge on any atom is -0.481 e. The Morgan fingerprint density at radius 1 is 1.09 bits per heavy atom. The molecule has 8 nitrogen and oxygen atoms in total. The first kappa shape index (κ1) is 25.0. The number of hydrogen-bond acceptors (Lipinski definition) is 8. The molecule has 174 valence electrons. The van der Waals surface area contributed by atoms with E-state index >= 15 is 0 Å². The zero-order valence-electron chi connectivity index (χ0n) is 18.1. The van der Waals surface area contributed by atoms with Gasteiger partial charge in [-0.1, -0.05) is 60.3 Å². The van der Waals surface area contributed by atoms with Gasteiger partial charge in [0, 0.05) is 16.8 Å². The number of nitrogens with zero attached hydrogens (tertiary/aromatic N) is 2. The first-order chi connectivity index (χ1) is 16.0. The SMILES string of the molecule is COc1nc(SCc2cccc(-c3ccccc3)c2Br)nc(OC)c1CN[C@@H](CO)C(=O)O. The molecular weight excluding hydrogens is 510 g/mol. The molecule has 10 heteroatoms. The number of thioether (sulfide) groups is 1. The molecule has 0 aliphatic heterocycles. The van der Waals surface area contributed by atoms with Crippen LogP contribution in [0.3, 0.4) is 0 Å². The molecule has 3 rings (SSSR count). The molecule has 0 amide bonds. The number of rotatable bonds is 11. The third-order valence-electron chi connectivity index (χ3n) is 4.82. The molecule has 0 radical (unpaired) electrons. The summed E-state index contributed by atoms with van der Waals surface area (Å²) >= 11 is 5.16. The quantitative estimate of drug-likeness (QED) is 0.250. The van der Waals surface area contributed by atoms with Crippen LogP contribution < -0.4 is 14.8 Å².